The maximum atomic E-state index is 13.6. The number of carbonyl (C=O) groups excluding carboxylic acids is 2. The first-order valence-corrected chi connectivity index (χ1v) is 11.4. The fourth-order valence-corrected chi connectivity index (χ4v) is 3.75. The van der Waals surface area contributed by atoms with Crippen molar-refractivity contribution >= 4 is 35.5 Å². The highest BCUT2D eigenvalue weighted by molar-refractivity contribution is 6.32. The number of hydrogen-bond acceptors (Lipinski definition) is 7. The number of para-hydroxylation sites is 1. The number of nitrogens with one attached hydrogen (secondary N) is 1. The number of aromatic nitrogens is 1. The van der Waals surface area contributed by atoms with E-state index in [1.165, 1.54) is 16.0 Å². The lowest BCUT2D eigenvalue weighted by molar-refractivity contribution is -0.130. The van der Waals surface area contributed by atoms with E-state index in [0.29, 0.717) is 46.6 Å². The monoisotopic (exact) mass is 507 g/mol. The topological polar surface area (TPSA) is 98.2 Å². The Bertz CT molecular complexity index is 1030. The Balaban J connectivity index is 2.06. The Labute approximate surface area is 208 Å². The number of likely N-dealkylation sites (N-methyl/N-ethyl adjacent to an activating group) is 2. The average molecular weight is 508 g/mol. The van der Waals surface area contributed by atoms with Gasteiger partial charge in [0.1, 0.15) is 11.4 Å². The second-order valence-electron chi connectivity index (χ2n) is 7.69. The summed E-state index contributed by atoms with van der Waals surface area (Å²) >= 11 is 12.3. The second kappa shape index (κ2) is 12.0. The molecule has 2 heterocycles. The van der Waals surface area contributed by atoms with Crippen LogP contribution in [0.4, 0.5) is 0 Å². The van der Waals surface area contributed by atoms with E-state index in [0.717, 1.165) is 0 Å². The van der Waals surface area contributed by atoms with E-state index in [1.807, 2.05) is 0 Å². The molecule has 2 N–H and O–H groups in total. The molecule has 0 saturated heterocycles. The molecule has 0 aliphatic carbocycles. The van der Waals surface area contributed by atoms with Gasteiger partial charge in [-0.15, -0.1) is 0 Å². The van der Waals surface area contributed by atoms with Gasteiger partial charge in [0.15, 0.2) is 0 Å². The van der Waals surface area contributed by atoms with Crippen molar-refractivity contribution in [2.45, 2.75) is 19.3 Å². The molecule has 1 aromatic carbocycles. The van der Waals surface area contributed by atoms with Crippen LogP contribution < -0.4 is 10.1 Å². The maximum absolute atomic E-state index is 13.6. The second-order valence-corrected chi connectivity index (χ2v) is 8.54. The van der Waals surface area contributed by atoms with Crippen LogP contribution in [0.15, 0.2) is 54.0 Å². The molecule has 0 saturated carbocycles. The van der Waals surface area contributed by atoms with E-state index < -0.39 is 6.35 Å². The van der Waals surface area contributed by atoms with E-state index in [9.17, 15) is 14.7 Å². The van der Waals surface area contributed by atoms with Crippen LogP contribution in [0, 0.1) is 0 Å². The minimum Gasteiger partial charge on any atom is -0.456 e. The highest BCUT2D eigenvalue weighted by Gasteiger charge is 2.36. The summed E-state index contributed by atoms with van der Waals surface area (Å²) in [5.74, 6) is 0.115. The van der Waals surface area contributed by atoms with Crippen molar-refractivity contribution in [1.29, 1.82) is 0 Å². The summed E-state index contributed by atoms with van der Waals surface area (Å²) in [6.45, 7) is 0.678. The Morgan fingerprint density at radius 1 is 1.29 bits per heavy atom. The van der Waals surface area contributed by atoms with Gasteiger partial charge in [-0.05, 0) is 30.7 Å². The molecule has 1 aliphatic rings. The van der Waals surface area contributed by atoms with E-state index in [2.05, 4.69) is 10.3 Å². The molecule has 3 rings (SSSR count). The number of carbonyl (C=O) groups is 2. The molecule has 2 aromatic rings. The number of aliphatic hydroxyl groups is 1. The summed E-state index contributed by atoms with van der Waals surface area (Å²) in [4.78, 5) is 34.2. The van der Waals surface area contributed by atoms with Gasteiger partial charge < -0.3 is 24.5 Å². The first-order valence-electron chi connectivity index (χ1n) is 10.6. The lowest BCUT2D eigenvalue weighted by Gasteiger charge is -2.41. The maximum Gasteiger partial charge on any atom is 0.271 e. The summed E-state index contributed by atoms with van der Waals surface area (Å²) in [7, 11) is 3.23. The Kier molecular flexibility index (Phi) is 9.12. The fraction of sp³-hybridized carbons (Fsp3) is 0.348. The molecule has 0 spiro atoms. The van der Waals surface area contributed by atoms with Crippen LogP contribution in [0.5, 0.6) is 5.75 Å². The smallest absolute Gasteiger partial charge is 0.271 e. The Morgan fingerprint density at radius 3 is 2.71 bits per heavy atom. The summed E-state index contributed by atoms with van der Waals surface area (Å²) in [6, 6.07) is 10.5. The molecular weight excluding hydrogens is 481 g/mol. The number of pyridine rings is 1. The molecule has 34 heavy (non-hydrogen) atoms. The average Bonchev–Trinajstić information content (AvgIpc) is 2.85. The molecule has 2 amide bonds. The van der Waals surface area contributed by atoms with Crippen LogP contribution in [0.1, 0.15) is 12.1 Å². The number of amides is 2. The SMILES string of the molecule is CN(C=O)C1=C(C(=O)N(C)CCCO)N(Cc2ccc(Cl)cn2)C(Oc2ccccc2Cl)NC1. The van der Waals surface area contributed by atoms with Crippen LogP contribution in [0.3, 0.4) is 0 Å². The van der Waals surface area contributed by atoms with Crippen molar-refractivity contribution in [3.63, 3.8) is 0 Å². The van der Waals surface area contributed by atoms with Gasteiger partial charge in [0.25, 0.3) is 5.91 Å². The van der Waals surface area contributed by atoms with Gasteiger partial charge in [0.05, 0.1) is 28.0 Å². The van der Waals surface area contributed by atoms with Crippen LogP contribution in [0.2, 0.25) is 10.0 Å². The predicted octanol–water partition coefficient (Wildman–Crippen LogP) is 2.30. The van der Waals surface area contributed by atoms with Crippen LogP contribution >= 0.6 is 23.2 Å². The van der Waals surface area contributed by atoms with Crippen LogP contribution in [-0.4, -0.2) is 77.3 Å². The summed E-state index contributed by atoms with van der Waals surface area (Å²) in [5, 5.41) is 13.3. The molecule has 1 unspecified atom stereocenters. The molecule has 0 radical (unpaired) electrons. The largest absolute Gasteiger partial charge is 0.456 e. The predicted molar refractivity (Wildman–Crippen MR) is 129 cm³/mol. The minimum atomic E-state index is -0.786. The quantitative estimate of drug-likeness (QED) is 0.476. The number of ether oxygens (including phenoxy) is 1. The number of nitrogens with zero attached hydrogens (tertiary/aromatic N) is 4. The first-order chi connectivity index (χ1) is 16.3. The molecule has 0 fully saturated rings. The third kappa shape index (κ3) is 6.18. The van der Waals surface area contributed by atoms with Crippen molar-refractivity contribution in [2.24, 2.45) is 0 Å². The van der Waals surface area contributed by atoms with Crippen LogP contribution in [0.25, 0.3) is 0 Å². The van der Waals surface area contributed by atoms with Gasteiger partial charge in [0, 0.05) is 40.0 Å². The first kappa shape index (κ1) is 25.8. The molecule has 9 nitrogen and oxygen atoms in total. The molecule has 1 atom stereocenters. The minimum absolute atomic E-state index is 0.0457. The van der Waals surface area contributed by atoms with Gasteiger partial charge in [-0.3, -0.25) is 19.9 Å². The number of halogens is 2. The standard InChI is InChI=1S/C23H27Cl2N5O4/c1-28(10-5-11-31)22(33)21-19(29(2)15-32)13-27-23(34-20-7-4-3-6-18(20)25)30(21)14-17-9-8-16(24)12-26-17/h3-4,6-9,12,15,23,27,31H,5,10-11,13-14H2,1-2H3. The molecule has 11 heteroatoms. The fourth-order valence-electron chi connectivity index (χ4n) is 3.46. The van der Waals surface area contributed by atoms with E-state index in [-0.39, 0.29) is 31.3 Å². The van der Waals surface area contributed by atoms with Crippen molar-refractivity contribution in [1.82, 2.24) is 25.0 Å². The highest BCUT2D eigenvalue weighted by atomic mass is 35.5. The number of hydrogen-bond donors (Lipinski definition) is 2. The van der Waals surface area contributed by atoms with Gasteiger partial charge in [0.2, 0.25) is 12.8 Å². The summed E-state index contributed by atoms with van der Waals surface area (Å²) in [6.07, 6.45) is 1.80. The molecule has 1 aromatic heterocycles. The highest BCUT2D eigenvalue weighted by Crippen LogP contribution is 2.29. The number of benzene rings is 1. The number of aliphatic hydroxyl groups excluding tert-OH is 1. The van der Waals surface area contributed by atoms with Crippen molar-refractivity contribution in [3.8, 4) is 5.75 Å². The van der Waals surface area contributed by atoms with E-state index in [4.69, 9.17) is 27.9 Å². The Morgan fingerprint density at radius 2 is 2.06 bits per heavy atom. The van der Waals surface area contributed by atoms with E-state index in [1.54, 1.807) is 55.4 Å². The van der Waals surface area contributed by atoms with Gasteiger partial charge in [-0.2, -0.15) is 0 Å². The van der Waals surface area contributed by atoms with Gasteiger partial charge >= 0.3 is 0 Å². The van der Waals surface area contributed by atoms with Gasteiger partial charge in [-0.1, -0.05) is 35.3 Å². The molecular formula is C23H27Cl2N5O4. The normalized spacial score (nSPS) is 15.8. The summed E-state index contributed by atoms with van der Waals surface area (Å²) in [5.41, 5.74) is 1.39. The van der Waals surface area contributed by atoms with Gasteiger partial charge in [-0.25, -0.2) is 0 Å². The molecule has 1 aliphatic heterocycles. The third-order valence-corrected chi connectivity index (χ3v) is 5.80. The van der Waals surface area contributed by atoms with Crippen LogP contribution in [-0.2, 0) is 16.1 Å². The van der Waals surface area contributed by atoms with Crippen molar-refractivity contribution in [2.75, 3.05) is 33.8 Å². The van der Waals surface area contributed by atoms with E-state index >= 15 is 0 Å². The molecule has 0 bridgehead atoms. The zero-order chi connectivity index (χ0) is 24.7. The third-order valence-electron chi connectivity index (χ3n) is 5.27. The number of rotatable bonds is 10. The Hall–Kier alpha value is -2.85. The lowest BCUT2D eigenvalue weighted by Crippen LogP contribution is -2.57. The van der Waals surface area contributed by atoms with Crippen molar-refractivity contribution in [3.05, 3.63) is 69.7 Å². The summed E-state index contributed by atoms with van der Waals surface area (Å²) < 4.78 is 6.17. The molecule has 182 valence electrons. The zero-order valence-electron chi connectivity index (χ0n) is 18.9. The lowest BCUT2D eigenvalue weighted by atomic mass is 10.1. The zero-order valence-corrected chi connectivity index (χ0v) is 20.5. The van der Waals surface area contributed by atoms with Crippen molar-refractivity contribution < 1.29 is 19.4 Å².